The van der Waals surface area contributed by atoms with Gasteiger partial charge in [0.15, 0.2) is 0 Å². The summed E-state index contributed by atoms with van der Waals surface area (Å²) in [6, 6.07) is -2.50. The van der Waals surface area contributed by atoms with E-state index in [1.54, 1.807) is 6.92 Å². The molecule has 2 unspecified atom stereocenters. The second-order valence-corrected chi connectivity index (χ2v) is 3.53. The summed E-state index contributed by atoms with van der Waals surface area (Å²) < 4.78 is 42.8. The lowest BCUT2D eigenvalue weighted by molar-refractivity contribution is -0.187. The Hall–Kier alpha value is -0.330. The topological polar surface area (TPSA) is 38.5 Å². The summed E-state index contributed by atoms with van der Waals surface area (Å²) in [5, 5.41) is 0. The molecule has 15 heavy (non-hydrogen) atoms. The lowest BCUT2D eigenvalue weighted by Gasteiger charge is -2.33. The largest absolute Gasteiger partial charge is 0.405 e. The number of hydrogen-bond acceptors (Lipinski definition) is 3. The highest BCUT2D eigenvalue weighted by atomic mass is 19.4. The molecule has 0 aliphatic carbocycles. The molecule has 0 heterocycles. The molecule has 2 atom stereocenters. The van der Waals surface area contributed by atoms with Gasteiger partial charge in [-0.25, -0.2) is 0 Å². The van der Waals surface area contributed by atoms with Crippen molar-refractivity contribution in [3.05, 3.63) is 0 Å². The molecule has 0 amide bonds. The van der Waals surface area contributed by atoms with E-state index in [4.69, 9.17) is 10.5 Å². The molecule has 2 N–H and O–H groups in total. The first-order chi connectivity index (χ1) is 6.84. The Morgan fingerprint density at radius 2 is 1.93 bits per heavy atom. The number of nitrogens with two attached hydrogens (primary N) is 1. The summed E-state index contributed by atoms with van der Waals surface area (Å²) >= 11 is 0. The van der Waals surface area contributed by atoms with Crippen LogP contribution in [0.5, 0.6) is 0 Å². The van der Waals surface area contributed by atoms with E-state index in [9.17, 15) is 13.2 Å². The number of alkyl halides is 3. The number of methoxy groups -OCH3 is 1. The molecule has 0 bridgehead atoms. The maximum absolute atomic E-state index is 12.7. The average Bonchev–Trinajstić information content (AvgIpc) is 2.12. The second-order valence-electron chi connectivity index (χ2n) is 3.53. The molecular formula is C9H19F3N2O. The first kappa shape index (κ1) is 14.7. The summed E-state index contributed by atoms with van der Waals surface area (Å²) in [6.07, 6.45) is -4.00. The van der Waals surface area contributed by atoms with E-state index in [0.717, 1.165) is 0 Å². The van der Waals surface area contributed by atoms with Gasteiger partial charge in [0.25, 0.3) is 0 Å². The predicted molar refractivity (Wildman–Crippen MR) is 52.6 cm³/mol. The van der Waals surface area contributed by atoms with E-state index in [0.29, 0.717) is 6.42 Å². The molecule has 0 saturated carbocycles. The molecule has 0 rings (SSSR count). The van der Waals surface area contributed by atoms with Crippen molar-refractivity contribution in [1.82, 2.24) is 4.90 Å². The predicted octanol–water partition coefficient (Wildman–Crippen LogP) is 1.23. The number of rotatable bonds is 6. The van der Waals surface area contributed by atoms with Crippen molar-refractivity contribution in [2.24, 2.45) is 5.73 Å². The van der Waals surface area contributed by atoms with Crippen LogP contribution in [0, 0.1) is 0 Å². The Labute approximate surface area is 88.4 Å². The maximum atomic E-state index is 12.7. The SMILES string of the molecule is CCC(N)C(N(C)CCOC)C(F)(F)F. The van der Waals surface area contributed by atoms with Gasteiger partial charge in [-0.05, 0) is 13.5 Å². The van der Waals surface area contributed by atoms with E-state index in [2.05, 4.69) is 0 Å². The van der Waals surface area contributed by atoms with Gasteiger partial charge in [-0.1, -0.05) is 6.92 Å². The smallest absolute Gasteiger partial charge is 0.383 e. The van der Waals surface area contributed by atoms with Crippen molar-refractivity contribution in [3.8, 4) is 0 Å². The molecule has 92 valence electrons. The number of halogens is 3. The second kappa shape index (κ2) is 6.30. The summed E-state index contributed by atoms with van der Waals surface area (Å²) in [6.45, 7) is 2.13. The molecule has 0 aromatic heterocycles. The van der Waals surface area contributed by atoms with Gasteiger partial charge in [0.1, 0.15) is 6.04 Å². The standard InChI is InChI=1S/C9H19F3N2O/c1-4-7(13)8(9(10,11)12)14(2)5-6-15-3/h7-8H,4-6,13H2,1-3H3. The molecule has 0 fully saturated rings. The van der Waals surface area contributed by atoms with Crippen molar-refractivity contribution in [3.63, 3.8) is 0 Å². The van der Waals surface area contributed by atoms with E-state index in [1.807, 2.05) is 0 Å². The number of hydrogen-bond donors (Lipinski definition) is 1. The van der Waals surface area contributed by atoms with Crippen LogP contribution < -0.4 is 5.73 Å². The molecule has 0 aliphatic heterocycles. The van der Waals surface area contributed by atoms with E-state index in [1.165, 1.54) is 19.1 Å². The van der Waals surface area contributed by atoms with Crippen LogP contribution in [0.4, 0.5) is 13.2 Å². The van der Waals surface area contributed by atoms with E-state index >= 15 is 0 Å². The Bertz CT molecular complexity index is 175. The monoisotopic (exact) mass is 228 g/mol. The summed E-state index contributed by atoms with van der Waals surface area (Å²) in [5.41, 5.74) is 5.47. The van der Waals surface area contributed by atoms with Crippen LogP contribution >= 0.6 is 0 Å². The van der Waals surface area contributed by atoms with E-state index < -0.39 is 18.3 Å². The van der Waals surface area contributed by atoms with Gasteiger partial charge in [-0.2, -0.15) is 13.2 Å². The van der Waals surface area contributed by atoms with Crippen LogP contribution in [-0.2, 0) is 4.74 Å². The number of nitrogens with zero attached hydrogens (tertiary/aromatic N) is 1. The van der Waals surface area contributed by atoms with Gasteiger partial charge in [0.2, 0.25) is 0 Å². The highest BCUT2D eigenvalue weighted by molar-refractivity contribution is 4.86. The summed E-state index contributed by atoms with van der Waals surface area (Å²) in [7, 11) is 2.86. The van der Waals surface area contributed by atoms with Gasteiger partial charge < -0.3 is 10.5 Å². The zero-order valence-electron chi connectivity index (χ0n) is 9.34. The van der Waals surface area contributed by atoms with Gasteiger partial charge in [-0.15, -0.1) is 0 Å². The zero-order valence-corrected chi connectivity index (χ0v) is 9.34. The van der Waals surface area contributed by atoms with Gasteiger partial charge in [-0.3, -0.25) is 4.90 Å². The lowest BCUT2D eigenvalue weighted by atomic mass is 10.1. The molecule has 3 nitrogen and oxygen atoms in total. The molecule has 0 saturated heterocycles. The molecule has 0 spiro atoms. The fraction of sp³-hybridized carbons (Fsp3) is 1.00. The molecular weight excluding hydrogens is 209 g/mol. The Kier molecular flexibility index (Phi) is 6.16. The summed E-state index contributed by atoms with van der Waals surface area (Å²) in [5.74, 6) is 0. The van der Waals surface area contributed by atoms with Crippen LogP contribution in [0.15, 0.2) is 0 Å². The normalized spacial score (nSPS) is 16.8. The van der Waals surface area contributed by atoms with Gasteiger partial charge in [0, 0.05) is 19.7 Å². The third-order valence-electron chi connectivity index (χ3n) is 2.34. The lowest BCUT2D eigenvalue weighted by Crippen LogP contribution is -2.55. The van der Waals surface area contributed by atoms with Crippen molar-refractivity contribution in [2.45, 2.75) is 31.6 Å². The third-order valence-corrected chi connectivity index (χ3v) is 2.34. The summed E-state index contributed by atoms with van der Waals surface area (Å²) in [4.78, 5) is 1.19. The van der Waals surface area contributed by atoms with Crippen molar-refractivity contribution < 1.29 is 17.9 Å². The highest BCUT2D eigenvalue weighted by Gasteiger charge is 2.45. The van der Waals surface area contributed by atoms with Crippen LogP contribution in [0.2, 0.25) is 0 Å². The van der Waals surface area contributed by atoms with Crippen molar-refractivity contribution in [1.29, 1.82) is 0 Å². The molecule has 0 aromatic carbocycles. The quantitative estimate of drug-likeness (QED) is 0.743. The maximum Gasteiger partial charge on any atom is 0.405 e. The minimum Gasteiger partial charge on any atom is -0.383 e. The first-order valence-corrected chi connectivity index (χ1v) is 4.86. The molecule has 0 aromatic rings. The fourth-order valence-electron chi connectivity index (χ4n) is 1.42. The number of likely N-dealkylation sites (N-methyl/N-ethyl adjacent to an activating group) is 1. The Morgan fingerprint density at radius 3 is 2.27 bits per heavy atom. The zero-order chi connectivity index (χ0) is 12.1. The van der Waals surface area contributed by atoms with Crippen molar-refractivity contribution >= 4 is 0 Å². The third kappa shape index (κ3) is 4.81. The highest BCUT2D eigenvalue weighted by Crippen LogP contribution is 2.26. The van der Waals surface area contributed by atoms with E-state index in [-0.39, 0.29) is 13.2 Å². The minimum atomic E-state index is -4.29. The van der Waals surface area contributed by atoms with Gasteiger partial charge >= 0.3 is 6.18 Å². The average molecular weight is 228 g/mol. The van der Waals surface area contributed by atoms with Crippen LogP contribution in [0.25, 0.3) is 0 Å². The van der Waals surface area contributed by atoms with Crippen molar-refractivity contribution in [2.75, 3.05) is 27.3 Å². The fourth-order valence-corrected chi connectivity index (χ4v) is 1.42. The molecule has 0 radical (unpaired) electrons. The van der Waals surface area contributed by atoms with Crippen LogP contribution in [0.1, 0.15) is 13.3 Å². The van der Waals surface area contributed by atoms with Gasteiger partial charge in [0.05, 0.1) is 6.61 Å². The number of ether oxygens (including phenoxy) is 1. The van der Waals surface area contributed by atoms with Crippen LogP contribution in [-0.4, -0.2) is 50.5 Å². The Morgan fingerprint density at radius 1 is 1.40 bits per heavy atom. The first-order valence-electron chi connectivity index (χ1n) is 4.86. The Balaban J connectivity index is 4.48. The van der Waals surface area contributed by atoms with Crippen LogP contribution in [0.3, 0.4) is 0 Å². The minimum absolute atomic E-state index is 0.217. The molecule has 0 aliphatic rings. The molecule has 6 heteroatoms.